The van der Waals surface area contributed by atoms with Crippen LogP contribution in [-0.4, -0.2) is 31.2 Å². The molecule has 0 radical (unpaired) electrons. The lowest BCUT2D eigenvalue weighted by Crippen LogP contribution is -2.35. The minimum absolute atomic E-state index is 0.549. The van der Waals surface area contributed by atoms with Crippen molar-refractivity contribution >= 4 is 0 Å². The third kappa shape index (κ3) is 3.44. The van der Waals surface area contributed by atoms with Crippen LogP contribution >= 0.6 is 0 Å². The highest BCUT2D eigenvalue weighted by Gasteiger charge is 2.30. The molecule has 1 aliphatic heterocycles. The van der Waals surface area contributed by atoms with Gasteiger partial charge in [0, 0.05) is 19.6 Å². The van der Waals surface area contributed by atoms with Gasteiger partial charge >= 0.3 is 6.18 Å². The van der Waals surface area contributed by atoms with Crippen LogP contribution in [0.5, 0.6) is 0 Å². The molecule has 0 atom stereocenters. The number of hydrogen-bond acceptors (Lipinski definition) is 2. The summed E-state index contributed by atoms with van der Waals surface area (Å²) >= 11 is 0. The Bertz CT molecular complexity index is 372. The molecule has 1 heterocycles. The fraction of sp³-hybridized carbons (Fsp3) is 0.500. The van der Waals surface area contributed by atoms with Crippen molar-refractivity contribution in [2.75, 3.05) is 26.3 Å². The first-order valence-electron chi connectivity index (χ1n) is 5.52. The monoisotopic (exact) mass is 245 g/mol. The standard InChI is InChI=1S/C12H14F3NO/c13-12(14,15)11-3-1-2-10(8-11)9-16-4-6-17-7-5-16/h1-3,8H,4-7,9H2. The fourth-order valence-electron chi connectivity index (χ4n) is 1.86. The summed E-state index contributed by atoms with van der Waals surface area (Å²) in [7, 11) is 0. The second-order valence-electron chi connectivity index (χ2n) is 4.09. The van der Waals surface area contributed by atoms with Crippen LogP contribution in [0, 0.1) is 0 Å². The molecule has 0 unspecified atom stereocenters. The van der Waals surface area contributed by atoms with Crippen LogP contribution < -0.4 is 0 Å². The third-order valence-electron chi connectivity index (χ3n) is 2.76. The summed E-state index contributed by atoms with van der Waals surface area (Å²) < 4.78 is 42.7. The molecule has 1 aromatic rings. The van der Waals surface area contributed by atoms with E-state index in [0.717, 1.165) is 19.2 Å². The molecular weight excluding hydrogens is 231 g/mol. The van der Waals surface area contributed by atoms with Crippen molar-refractivity contribution in [3.05, 3.63) is 35.4 Å². The predicted molar refractivity (Wildman–Crippen MR) is 57.5 cm³/mol. The molecule has 0 amide bonds. The Morgan fingerprint density at radius 1 is 1.18 bits per heavy atom. The zero-order chi connectivity index (χ0) is 12.3. The number of morpholine rings is 1. The first kappa shape index (κ1) is 12.4. The summed E-state index contributed by atoms with van der Waals surface area (Å²) in [4.78, 5) is 2.10. The van der Waals surface area contributed by atoms with Crippen molar-refractivity contribution in [1.29, 1.82) is 0 Å². The zero-order valence-electron chi connectivity index (χ0n) is 9.33. The van der Waals surface area contributed by atoms with Crippen LogP contribution in [0.1, 0.15) is 11.1 Å². The molecule has 94 valence electrons. The van der Waals surface area contributed by atoms with Crippen LogP contribution in [0.3, 0.4) is 0 Å². The summed E-state index contributed by atoms with van der Waals surface area (Å²) in [6.45, 7) is 3.40. The van der Waals surface area contributed by atoms with Crippen LogP contribution in [0.4, 0.5) is 13.2 Å². The number of halogens is 3. The van der Waals surface area contributed by atoms with E-state index < -0.39 is 11.7 Å². The number of nitrogens with zero attached hydrogens (tertiary/aromatic N) is 1. The van der Waals surface area contributed by atoms with Crippen LogP contribution in [0.2, 0.25) is 0 Å². The van der Waals surface area contributed by atoms with Gasteiger partial charge in [0.1, 0.15) is 0 Å². The number of hydrogen-bond donors (Lipinski definition) is 0. The summed E-state index contributed by atoms with van der Waals surface area (Å²) in [6, 6.07) is 5.50. The number of alkyl halides is 3. The molecule has 1 aliphatic rings. The molecule has 0 bridgehead atoms. The molecule has 2 nitrogen and oxygen atoms in total. The number of rotatable bonds is 2. The van der Waals surface area contributed by atoms with Crippen LogP contribution in [0.15, 0.2) is 24.3 Å². The average Bonchev–Trinajstić information content (AvgIpc) is 2.29. The Morgan fingerprint density at radius 3 is 2.53 bits per heavy atom. The van der Waals surface area contributed by atoms with Gasteiger partial charge in [-0.25, -0.2) is 0 Å². The molecule has 5 heteroatoms. The smallest absolute Gasteiger partial charge is 0.379 e. The van der Waals surface area contributed by atoms with Crippen LogP contribution in [0.25, 0.3) is 0 Å². The van der Waals surface area contributed by atoms with Gasteiger partial charge in [0.2, 0.25) is 0 Å². The molecule has 0 aliphatic carbocycles. The Balaban J connectivity index is 2.05. The van der Waals surface area contributed by atoms with Crippen molar-refractivity contribution in [3.8, 4) is 0 Å². The molecule has 17 heavy (non-hydrogen) atoms. The normalized spacial score (nSPS) is 18.3. The van der Waals surface area contributed by atoms with Gasteiger partial charge in [-0.15, -0.1) is 0 Å². The van der Waals surface area contributed by atoms with Crippen LogP contribution in [-0.2, 0) is 17.5 Å². The minimum Gasteiger partial charge on any atom is -0.379 e. The van der Waals surface area contributed by atoms with E-state index in [4.69, 9.17) is 4.74 Å². The second kappa shape index (κ2) is 5.06. The lowest BCUT2D eigenvalue weighted by Gasteiger charge is -2.26. The maximum Gasteiger partial charge on any atom is 0.416 e. The summed E-state index contributed by atoms with van der Waals surface area (Å²) in [6.07, 6.45) is -4.26. The molecule has 2 rings (SSSR count). The first-order chi connectivity index (χ1) is 8.05. The third-order valence-corrected chi connectivity index (χ3v) is 2.76. The van der Waals surface area contributed by atoms with Gasteiger partial charge in [0.25, 0.3) is 0 Å². The molecule has 0 saturated carbocycles. The fourth-order valence-corrected chi connectivity index (χ4v) is 1.86. The van der Waals surface area contributed by atoms with Gasteiger partial charge in [-0.05, 0) is 11.6 Å². The van der Waals surface area contributed by atoms with Gasteiger partial charge in [0.15, 0.2) is 0 Å². The highest BCUT2D eigenvalue weighted by molar-refractivity contribution is 5.25. The Kier molecular flexibility index (Phi) is 3.69. The van der Waals surface area contributed by atoms with Crippen molar-refractivity contribution in [1.82, 2.24) is 4.90 Å². The largest absolute Gasteiger partial charge is 0.416 e. The minimum atomic E-state index is -4.26. The van der Waals surface area contributed by atoms with Gasteiger partial charge < -0.3 is 4.74 Å². The average molecular weight is 245 g/mol. The zero-order valence-corrected chi connectivity index (χ0v) is 9.33. The lowest BCUT2D eigenvalue weighted by atomic mass is 10.1. The first-order valence-corrected chi connectivity index (χ1v) is 5.52. The van der Waals surface area contributed by atoms with E-state index in [2.05, 4.69) is 4.90 Å². The quantitative estimate of drug-likeness (QED) is 0.794. The predicted octanol–water partition coefficient (Wildman–Crippen LogP) is 2.54. The van der Waals surface area contributed by atoms with E-state index in [9.17, 15) is 13.2 Å². The van der Waals surface area contributed by atoms with Crippen molar-refractivity contribution in [2.24, 2.45) is 0 Å². The highest BCUT2D eigenvalue weighted by atomic mass is 19.4. The van der Waals surface area contributed by atoms with Crippen molar-refractivity contribution in [3.63, 3.8) is 0 Å². The van der Waals surface area contributed by atoms with E-state index in [1.54, 1.807) is 6.07 Å². The summed E-state index contributed by atoms with van der Waals surface area (Å²) in [5.74, 6) is 0. The Hall–Kier alpha value is -1.07. The highest BCUT2D eigenvalue weighted by Crippen LogP contribution is 2.29. The van der Waals surface area contributed by atoms with E-state index in [1.807, 2.05) is 0 Å². The number of benzene rings is 1. The van der Waals surface area contributed by atoms with Crippen molar-refractivity contribution < 1.29 is 17.9 Å². The Labute approximate surface area is 98.0 Å². The topological polar surface area (TPSA) is 12.5 Å². The molecular formula is C12H14F3NO. The lowest BCUT2D eigenvalue weighted by molar-refractivity contribution is -0.137. The number of ether oxygens (including phenoxy) is 1. The van der Waals surface area contributed by atoms with Crippen molar-refractivity contribution in [2.45, 2.75) is 12.7 Å². The maximum absolute atomic E-state index is 12.5. The molecule has 0 spiro atoms. The van der Waals surface area contributed by atoms with Gasteiger partial charge in [-0.1, -0.05) is 18.2 Å². The van der Waals surface area contributed by atoms with Gasteiger partial charge in [-0.3, -0.25) is 4.90 Å². The Morgan fingerprint density at radius 2 is 1.88 bits per heavy atom. The van der Waals surface area contributed by atoms with E-state index in [1.165, 1.54) is 12.1 Å². The van der Waals surface area contributed by atoms with Gasteiger partial charge in [0.05, 0.1) is 18.8 Å². The molecule has 0 N–H and O–H groups in total. The molecule has 1 aromatic carbocycles. The SMILES string of the molecule is FC(F)(F)c1cccc(CN2CCOCC2)c1. The maximum atomic E-state index is 12.5. The summed E-state index contributed by atoms with van der Waals surface area (Å²) in [5, 5.41) is 0. The van der Waals surface area contributed by atoms with E-state index in [0.29, 0.717) is 25.3 Å². The molecule has 0 aromatic heterocycles. The van der Waals surface area contributed by atoms with Gasteiger partial charge in [-0.2, -0.15) is 13.2 Å². The summed E-state index contributed by atoms with van der Waals surface area (Å²) in [5.41, 5.74) is 0.116. The second-order valence-corrected chi connectivity index (χ2v) is 4.09. The molecule has 1 saturated heterocycles. The van der Waals surface area contributed by atoms with E-state index >= 15 is 0 Å². The molecule has 1 fully saturated rings. The van der Waals surface area contributed by atoms with E-state index in [-0.39, 0.29) is 0 Å².